The first kappa shape index (κ1) is 10.2. The fourth-order valence-corrected chi connectivity index (χ4v) is 1.64. The zero-order chi connectivity index (χ0) is 10.7. The lowest BCUT2D eigenvalue weighted by Gasteiger charge is -1.96. The Balaban J connectivity index is 2.25. The standard InChI is InChI=1S/C11H12BrN3/c1-2-13-11-7-10(14-15-11)8-3-5-9(12)6-4-8/h3-7H,2H2,1H3,(H2,13,14,15). The predicted octanol–water partition coefficient (Wildman–Crippen LogP) is 3.27. The number of halogens is 1. The molecule has 2 rings (SSSR count). The minimum absolute atomic E-state index is 0.880. The zero-order valence-corrected chi connectivity index (χ0v) is 10.0. The summed E-state index contributed by atoms with van der Waals surface area (Å²) in [5, 5.41) is 10.3. The molecule has 4 heteroatoms. The summed E-state index contributed by atoms with van der Waals surface area (Å²) in [5.74, 6) is 0.885. The highest BCUT2D eigenvalue weighted by Crippen LogP contribution is 2.21. The van der Waals surface area contributed by atoms with Crippen LogP contribution >= 0.6 is 15.9 Å². The second-order valence-corrected chi connectivity index (χ2v) is 4.12. The molecule has 0 bridgehead atoms. The third-order valence-electron chi connectivity index (χ3n) is 2.09. The van der Waals surface area contributed by atoms with Gasteiger partial charge >= 0.3 is 0 Å². The molecule has 0 atom stereocenters. The summed E-state index contributed by atoms with van der Waals surface area (Å²) >= 11 is 3.41. The van der Waals surface area contributed by atoms with Crippen molar-refractivity contribution < 1.29 is 0 Å². The van der Waals surface area contributed by atoms with E-state index in [1.165, 1.54) is 0 Å². The molecule has 0 aliphatic rings. The minimum atomic E-state index is 0.880. The van der Waals surface area contributed by atoms with E-state index in [-0.39, 0.29) is 0 Å². The third kappa shape index (κ3) is 2.39. The van der Waals surface area contributed by atoms with Gasteiger partial charge in [0.05, 0.1) is 5.69 Å². The number of hydrogen-bond donors (Lipinski definition) is 2. The smallest absolute Gasteiger partial charge is 0.148 e. The van der Waals surface area contributed by atoms with Gasteiger partial charge in [-0.05, 0) is 24.6 Å². The van der Waals surface area contributed by atoms with E-state index in [1.807, 2.05) is 37.3 Å². The number of nitrogens with one attached hydrogen (secondary N) is 2. The van der Waals surface area contributed by atoms with Gasteiger partial charge < -0.3 is 5.32 Å². The van der Waals surface area contributed by atoms with Gasteiger partial charge in [0.2, 0.25) is 0 Å². The van der Waals surface area contributed by atoms with Crippen molar-refractivity contribution in [2.75, 3.05) is 11.9 Å². The van der Waals surface area contributed by atoms with E-state index < -0.39 is 0 Å². The lowest BCUT2D eigenvalue weighted by atomic mass is 10.1. The maximum absolute atomic E-state index is 4.16. The Kier molecular flexibility index (Phi) is 3.06. The summed E-state index contributed by atoms with van der Waals surface area (Å²) in [6.45, 7) is 2.93. The van der Waals surface area contributed by atoms with Gasteiger partial charge in [-0.25, -0.2) is 0 Å². The van der Waals surface area contributed by atoms with Crippen molar-refractivity contribution in [2.45, 2.75) is 6.92 Å². The molecule has 1 aromatic carbocycles. The monoisotopic (exact) mass is 265 g/mol. The molecule has 0 amide bonds. The van der Waals surface area contributed by atoms with E-state index >= 15 is 0 Å². The molecule has 78 valence electrons. The molecule has 0 unspecified atom stereocenters. The first-order valence-electron chi connectivity index (χ1n) is 4.85. The summed E-state index contributed by atoms with van der Waals surface area (Å²) in [5.41, 5.74) is 2.16. The van der Waals surface area contributed by atoms with Gasteiger partial charge in [-0.2, -0.15) is 5.10 Å². The Hall–Kier alpha value is -1.29. The van der Waals surface area contributed by atoms with Crippen LogP contribution in [0.1, 0.15) is 6.92 Å². The minimum Gasteiger partial charge on any atom is -0.369 e. The fourth-order valence-electron chi connectivity index (χ4n) is 1.37. The maximum Gasteiger partial charge on any atom is 0.148 e. The highest BCUT2D eigenvalue weighted by Gasteiger charge is 2.01. The second kappa shape index (κ2) is 4.49. The molecule has 2 aromatic rings. The van der Waals surface area contributed by atoms with Crippen LogP contribution in [-0.2, 0) is 0 Å². The number of anilines is 1. The van der Waals surface area contributed by atoms with Crippen LogP contribution in [0, 0.1) is 0 Å². The Morgan fingerprint density at radius 1 is 1.33 bits per heavy atom. The Morgan fingerprint density at radius 2 is 2.07 bits per heavy atom. The van der Waals surface area contributed by atoms with Crippen molar-refractivity contribution >= 4 is 21.7 Å². The van der Waals surface area contributed by atoms with E-state index in [2.05, 4.69) is 31.4 Å². The molecular weight excluding hydrogens is 254 g/mol. The van der Waals surface area contributed by atoms with Gasteiger partial charge in [0.15, 0.2) is 0 Å². The summed E-state index contributed by atoms with van der Waals surface area (Å²) in [6, 6.07) is 10.1. The van der Waals surface area contributed by atoms with Gasteiger partial charge in [-0.3, -0.25) is 5.10 Å². The molecule has 0 aliphatic carbocycles. The first-order valence-corrected chi connectivity index (χ1v) is 5.64. The average Bonchev–Trinajstić information content (AvgIpc) is 2.68. The molecule has 0 spiro atoms. The SMILES string of the molecule is CCNc1cc(-c2ccc(Br)cc2)[nH]n1. The number of H-pyrrole nitrogens is 1. The number of benzene rings is 1. The maximum atomic E-state index is 4.16. The van der Waals surface area contributed by atoms with E-state index in [4.69, 9.17) is 0 Å². The molecule has 15 heavy (non-hydrogen) atoms. The van der Waals surface area contributed by atoms with Gasteiger partial charge in [0.1, 0.15) is 5.82 Å². The van der Waals surface area contributed by atoms with E-state index in [0.29, 0.717) is 0 Å². The summed E-state index contributed by atoms with van der Waals surface area (Å²) in [4.78, 5) is 0. The van der Waals surface area contributed by atoms with Gasteiger partial charge in [-0.15, -0.1) is 0 Å². The number of aromatic amines is 1. The van der Waals surface area contributed by atoms with Crippen molar-refractivity contribution in [3.8, 4) is 11.3 Å². The number of nitrogens with zero attached hydrogens (tertiary/aromatic N) is 1. The topological polar surface area (TPSA) is 40.7 Å². The molecule has 1 aromatic heterocycles. The summed E-state index contributed by atoms with van der Waals surface area (Å²) < 4.78 is 1.08. The van der Waals surface area contributed by atoms with Crippen molar-refractivity contribution in [1.82, 2.24) is 10.2 Å². The van der Waals surface area contributed by atoms with Gasteiger partial charge in [-0.1, -0.05) is 28.1 Å². The largest absolute Gasteiger partial charge is 0.369 e. The lowest BCUT2D eigenvalue weighted by molar-refractivity contribution is 1.07. The van der Waals surface area contributed by atoms with Crippen LogP contribution in [0.3, 0.4) is 0 Å². The predicted molar refractivity (Wildman–Crippen MR) is 65.9 cm³/mol. The van der Waals surface area contributed by atoms with E-state index in [9.17, 15) is 0 Å². The molecule has 2 N–H and O–H groups in total. The van der Waals surface area contributed by atoms with Crippen LogP contribution in [0.25, 0.3) is 11.3 Å². The molecule has 0 aliphatic heterocycles. The first-order chi connectivity index (χ1) is 7.29. The van der Waals surface area contributed by atoms with Crippen LogP contribution in [0.5, 0.6) is 0 Å². The number of rotatable bonds is 3. The third-order valence-corrected chi connectivity index (χ3v) is 2.62. The van der Waals surface area contributed by atoms with Gasteiger partial charge in [0.25, 0.3) is 0 Å². The highest BCUT2D eigenvalue weighted by atomic mass is 79.9. The quantitative estimate of drug-likeness (QED) is 0.895. The Bertz CT molecular complexity index is 433. The molecule has 0 saturated carbocycles. The van der Waals surface area contributed by atoms with E-state index in [1.54, 1.807) is 0 Å². The average molecular weight is 266 g/mol. The highest BCUT2D eigenvalue weighted by molar-refractivity contribution is 9.10. The van der Waals surface area contributed by atoms with Crippen molar-refractivity contribution in [1.29, 1.82) is 0 Å². The molecular formula is C11H12BrN3. The Morgan fingerprint density at radius 3 is 2.73 bits per heavy atom. The van der Waals surface area contributed by atoms with Crippen molar-refractivity contribution in [3.05, 3.63) is 34.8 Å². The molecule has 1 heterocycles. The van der Waals surface area contributed by atoms with Crippen LogP contribution in [0.4, 0.5) is 5.82 Å². The van der Waals surface area contributed by atoms with Crippen molar-refractivity contribution in [3.63, 3.8) is 0 Å². The molecule has 0 saturated heterocycles. The van der Waals surface area contributed by atoms with Crippen LogP contribution in [0.15, 0.2) is 34.8 Å². The number of hydrogen-bond acceptors (Lipinski definition) is 2. The van der Waals surface area contributed by atoms with Gasteiger partial charge in [0, 0.05) is 17.1 Å². The van der Waals surface area contributed by atoms with Crippen LogP contribution < -0.4 is 5.32 Å². The normalized spacial score (nSPS) is 10.3. The molecule has 0 fully saturated rings. The number of aromatic nitrogens is 2. The second-order valence-electron chi connectivity index (χ2n) is 3.20. The molecule has 3 nitrogen and oxygen atoms in total. The van der Waals surface area contributed by atoms with Crippen molar-refractivity contribution in [2.24, 2.45) is 0 Å². The van der Waals surface area contributed by atoms with E-state index in [0.717, 1.165) is 28.1 Å². The van der Waals surface area contributed by atoms with Crippen LogP contribution in [-0.4, -0.2) is 16.7 Å². The zero-order valence-electron chi connectivity index (χ0n) is 8.42. The lowest BCUT2D eigenvalue weighted by Crippen LogP contribution is -1.95. The molecule has 0 radical (unpaired) electrons. The summed E-state index contributed by atoms with van der Waals surface area (Å²) in [6.07, 6.45) is 0. The fraction of sp³-hybridized carbons (Fsp3) is 0.182. The van der Waals surface area contributed by atoms with Crippen LogP contribution in [0.2, 0.25) is 0 Å². The Labute approximate surface area is 97.0 Å². The summed E-state index contributed by atoms with van der Waals surface area (Å²) in [7, 11) is 0.